The van der Waals surface area contributed by atoms with Crippen molar-refractivity contribution < 1.29 is 22.4 Å². The lowest BCUT2D eigenvalue weighted by Gasteiger charge is -2.47. The molecular formula is C31H28FN7O4S. The van der Waals surface area contributed by atoms with Crippen LogP contribution in [0.25, 0.3) is 33.4 Å². The van der Waals surface area contributed by atoms with Crippen molar-refractivity contribution in [1.29, 1.82) is 5.26 Å². The fourth-order valence-corrected chi connectivity index (χ4v) is 6.61. The Kier molecular flexibility index (Phi) is 7.48. The highest BCUT2D eigenvalue weighted by Gasteiger charge is 2.49. The Labute approximate surface area is 253 Å². The van der Waals surface area contributed by atoms with Crippen LogP contribution in [0.1, 0.15) is 31.7 Å². The first-order valence-corrected chi connectivity index (χ1v) is 15.6. The summed E-state index contributed by atoms with van der Waals surface area (Å²) in [5.41, 5.74) is 2.36. The van der Waals surface area contributed by atoms with E-state index in [9.17, 15) is 22.9 Å². The van der Waals surface area contributed by atoms with Crippen LogP contribution in [0.2, 0.25) is 0 Å². The number of aromatic nitrogens is 5. The zero-order valence-corrected chi connectivity index (χ0v) is 24.8. The second-order valence-corrected chi connectivity index (χ2v) is 13.0. The second-order valence-electron chi connectivity index (χ2n) is 10.7. The third kappa shape index (κ3) is 5.12. The summed E-state index contributed by atoms with van der Waals surface area (Å²) in [6, 6.07) is 17.7. The molecule has 5 aromatic rings. The summed E-state index contributed by atoms with van der Waals surface area (Å²) in [6.07, 6.45) is 6.30. The Morgan fingerprint density at radius 1 is 1.14 bits per heavy atom. The van der Waals surface area contributed by atoms with Gasteiger partial charge in [0, 0.05) is 42.0 Å². The van der Waals surface area contributed by atoms with Crippen LogP contribution < -0.4 is 4.84 Å². The number of halogens is 1. The molecule has 6 rings (SSSR count). The van der Waals surface area contributed by atoms with Crippen molar-refractivity contribution in [3.05, 3.63) is 90.9 Å². The molecule has 1 saturated heterocycles. The maximum absolute atomic E-state index is 15.0. The molecule has 224 valence electrons. The molecule has 0 amide bonds. The van der Waals surface area contributed by atoms with E-state index in [4.69, 9.17) is 4.84 Å². The van der Waals surface area contributed by atoms with E-state index in [1.165, 1.54) is 21.4 Å². The van der Waals surface area contributed by atoms with Crippen LogP contribution in [0.5, 0.6) is 0 Å². The van der Waals surface area contributed by atoms with E-state index in [1.807, 2.05) is 30.3 Å². The fourth-order valence-electron chi connectivity index (χ4n) is 5.38. The van der Waals surface area contributed by atoms with Crippen LogP contribution in [0.4, 0.5) is 4.39 Å². The molecule has 4 heterocycles. The smallest absolute Gasteiger partial charge is 0.334 e. The zero-order chi connectivity index (χ0) is 31.1. The zero-order valence-electron chi connectivity index (χ0n) is 24.0. The minimum Gasteiger partial charge on any atom is -0.334 e. The highest BCUT2D eigenvalue weighted by Crippen LogP contribution is 2.36. The Hall–Kier alpha value is -4.93. The highest BCUT2D eigenvalue weighted by atomic mass is 32.2. The standard InChI is InChI=1S/C31H28FN7O4S/c1-3-44(41,42)37-18-31(19-37,12-13-33)39-17-24(16-36-39)28-26-11-14-38(29(26)35-20-34-28)43-30(40)21(2)23-9-10-25(27(32)15-23)22-7-5-4-6-8-22/h4-11,14-17,20-21H,3,12,18-19H2,1-2H3. The molecule has 0 saturated carbocycles. The van der Waals surface area contributed by atoms with Gasteiger partial charge in [-0.2, -0.15) is 19.4 Å². The molecule has 44 heavy (non-hydrogen) atoms. The molecule has 3 aromatic heterocycles. The van der Waals surface area contributed by atoms with E-state index in [2.05, 4.69) is 21.1 Å². The van der Waals surface area contributed by atoms with Crippen LogP contribution >= 0.6 is 0 Å². The van der Waals surface area contributed by atoms with Crippen LogP contribution in [-0.2, 0) is 20.4 Å². The van der Waals surface area contributed by atoms with Crippen molar-refractivity contribution in [1.82, 2.24) is 28.8 Å². The van der Waals surface area contributed by atoms with E-state index >= 15 is 0 Å². The third-order valence-electron chi connectivity index (χ3n) is 8.02. The van der Waals surface area contributed by atoms with Gasteiger partial charge in [-0.1, -0.05) is 42.5 Å². The minimum absolute atomic E-state index is 0.0172. The maximum atomic E-state index is 15.0. The molecular weight excluding hydrogens is 585 g/mol. The quantitative estimate of drug-likeness (QED) is 0.242. The summed E-state index contributed by atoms with van der Waals surface area (Å²) in [6.45, 7) is 3.53. The number of carbonyl (C=O) groups excluding carboxylic acids is 1. The maximum Gasteiger partial charge on any atom is 0.340 e. The molecule has 0 aliphatic carbocycles. The fraction of sp³-hybridized carbons (Fsp3) is 0.258. The molecule has 1 atom stereocenters. The monoisotopic (exact) mass is 613 g/mol. The average molecular weight is 614 g/mol. The van der Waals surface area contributed by atoms with E-state index in [0.29, 0.717) is 33.4 Å². The van der Waals surface area contributed by atoms with E-state index in [-0.39, 0.29) is 25.3 Å². The molecule has 1 aliphatic heterocycles. The minimum atomic E-state index is -3.38. The van der Waals surface area contributed by atoms with E-state index < -0.39 is 33.3 Å². The third-order valence-corrected chi connectivity index (χ3v) is 9.79. The lowest BCUT2D eigenvalue weighted by atomic mass is 9.89. The number of hydrogen-bond donors (Lipinski definition) is 0. The number of nitriles is 1. The van der Waals surface area contributed by atoms with Crippen LogP contribution in [-0.4, -0.2) is 62.0 Å². The molecule has 0 N–H and O–H groups in total. The summed E-state index contributed by atoms with van der Waals surface area (Å²) < 4.78 is 43.8. The topological polar surface area (TPSA) is 136 Å². The first kappa shape index (κ1) is 29.2. The highest BCUT2D eigenvalue weighted by molar-refractivity contribution is 7.89. The lowest BCUT2D eigenvalue weighted by molar-refractivity contribution is -0.145. The summed E-state index contributed by atoms with van der Waals surface area (Å²) >= 11 is 0. The summed E-state index contributed by atoms with van der Waals surface area (Å²) in [5, 5.41) is 14.5. The Morgan fingerprint density at radius 2 is 1.91 bits per heavy atom. The number of nitrogens with zero attached hydrogens (tertiary/aromatic N) is 7. The first-order valence-electron chi connectivity index (χ1n) is 13.9. The van der Waals surface area contributed by atoms with Crippen molar-refractivity contribution >= 4 is 27.0 Å². The second kappa shape index (κ2) is 11.3. The summed E-state index contributed by atoms with van der Waals surface area (Å²) in [7, 11) is -3.38. The van der Waals surface area contributed by atoms with Crippen molar-refractivity contribution in [2.45, 2.75) is 31.7 Å². The molecule has 1 aliphatic rings. The molecule has 0 radical (unpaired) electrons. The van der Waals surface area contributed by atoms with E-state index in [1.54, 1.807) is 55.3 Å². The van der Waals surface area contributed by atoms with E-state index in [0.717, 1.165) is 5.56 Å². The molecule has 0 spiro atoms. The van der Waals surface area contributed by atoms with Crippen molar-refractivity contribution in [3.63, 3.8) is 0 Å². The number of sulfonamides is 1. The Balaban J connectivity index is 1.22. The van der Waals surface area contributed by atoms with Gasteiger partial charge in [-0.25, -0.2) is 27.6 Å². The predicted octanol–water partition coefficient (Wildman–Crippen LogP) is 4.13. The van der Waals surface area contributed by atoms with Gasteiger partial charge in [0.2, 0.25) is 10.0 Å². The van der Waals surface area contributed by atoms with Crippen LogP contribution in [0.15, 0.2) is 79.5 Å². The normalized spacial score (nSPS) is 15.4. The number of hydrogen-bond acceptors (Lipinski definition) is 8. The van der Waals surface area contributed by atoms with Gasteiger partial charge < -0.3 is 4.84 Å². The number of benzene rings is 2. The SMILES string of the molecule is CCS(=O)(=O)N1CC(CC#N)(n2cc(-c3ncnc4c3ccn4OC(=O)C(C)c3ccc(-c4ccccc4)c(F)c3)cn2)C1. The largest absolute Gasteiger partial charge is 0.340 e. The van der Waals surface area contributed by atoms with Gasteiger partial charge in [0.15, 0.2) is 5.65 Å². The Morgan fingerprint density at radius 3 is 2.61 bits per heavy atom. The number of rotatable bonds is 9. The van der Waals surface area contributed by atoms with Crippen molar-refractivity contribution in [3.8, 4) is 28.5 Å². The van der Waals surface area contributed by atoms with Gasteiger partial charge in [0.1, 0.15) is 17.7 Å². The Bertz CT molecular complexity index is 2010. The van der Waals surface area contributed by atoms with Crippen LogP contribution in [0.3, 0.4) is 0 Å². The van der Waals surface area contributed by atoms with Gasteiger partial charge in [0.25, 0.3) is 0 Å². The average Bonchev–Trinajstić information content (AvgIpc) is 3.67. The van der Waals surface area contributed by atoms with Gasteiger partial charge in [-0.05, 0) is 37.1 Å². The number of carbonyl (C=O) groups is 1. The van der Waals surface area contributed by atoms with Gasteiger partial charge in [-0.15, -0.1) is 0 Å². The molecule has 13 heteroatoms. The number of fused-ring (bicyclic) bond motifs is 1. The van der Waals surface area contributed by atoms with Gasteiger partial charge in [-0.3, -0.25) is 4.68 Å². The summed E-state index contributed by atoms with van der Waals surface area (Å²) in [4.78, 5) is 27.5. The lowest BCUT2D eigenvalue weighted by Crippen LogP contribution is -2.64. The van der Waals surface area contributed by atoms with Crippen molar-refractivity contribution in [2.75, 3.05) is 18.8 Å². The molecule has 1 fully saturated rings. The van der Waals surface area contributed by atoms with Gasteiger partial charge >= 0.3 is 5.97 Å². The predicted molar refractivity (Wildman–Crippen MR) is 160 cm³/mol. The molecule has 2 aromatic carbocycles. The molecule has 1 unspecified atom stereocenters. The molecule has 0 bridgehead atoms. The summed E-state index contributed by atoms with van der Waals surface area (Å²) in [5.74, 6) is -1.81. The van der Waals surface area contributed by atoms with Gasteiger partial charge in [0.05, 0.1) is 36.1 Å². The first-order chi connectivity index (χ1) is 21.2. The molecule has 11 nitrogen and oxygen atoms in total. The van der Waals surface area contributed by atoms with Crippen molar-refractivity contribution in [2.24, 2.45) is 0 Å². The van der Waals surface area contributed by atoms with Crippen LogP contribution in [0, 0.1) is 17.1 Å².